The lowest BCUT2D eigenvalue weighted by Gasteiger charge is -2.18. The minimum absolute atomic E-state index is 0.131. The van der Waals surface area contributed by atoms with E-state index < -0.39 is 0 Å². The van der Waals surface area contributed by atoms with Crippen LogP contribution in [0.4, 0.5) is 0 Å². The lowest BCUT2D eigenvalue weighted by molar-refractivity contribution is 0.102. The van der Waals surface area contributed by atoms with Crippen molar-refractivity contribution in [3.05, 3.63) is 82.9 Å². The zero-order chi connectivity index (χ0) is 16.5. The van der Waals surface area contributed by atoms with Crippen LogP contribution in [-0.4, -0.2) is 12.9 Å². The van der Waals surface area contributed by atoms with Gasteiger partial charge >= 0.3 is 0 Å². The molecule has 0 saturated heterocycles. The molecule has 4 rings (SSSR count). The summed E-state index contributed by atoms with van der Waals surface area (Å²) in [6.45, 7) is 0. The van der Waals surface area contributed by atoms with Gasteiger partial charge in [0.05, 0.1) is 7.11 Å². The predicted molar refractivity (Wildman–Crippen MR) is 97.6 cm³/mol. The van der Waals surface area contributed by atoms with E-state index in [2.05, 4.69) is 12.1 Å². The van der Waals surface area contributed by atoms with Gasteiger partial charge in [-0.15, -0.1) is 0 Å². The van der Waals surface area contributed by atoms with Crippen LogP contribution in [0.2, 0.25) is 0 Å². The van der Waals surface area contributed by atoms with Gasteiger partial charge in [0.15, 0.2) is 5.78 Å². The van der Waals surface area contributed by atoms with Crippen molar-refractivity contribution in [3.8, 4) is 5.75 Å². The number of hydrogen-bond donors (Lipinski definition) is 0. The van der Waals surface area contributed by atoms with Crippen LogP contribution >= 0.6 is 0 Å². The third-order valence-corrected chi connectivity index (χ3v) is 4.69. The van der Waals surface area contributed by atoms with Crippen molar-refractivity contribution in [1.82, 2.24) is 0 Å². The van der Waals surface area contributed by atoms with Crippen LogP contribution in [0.1, 0.15) is 27.9 Å². The molecule has 2 nitrogen and oxygen atoms in total. The molecular weight excluding hydrogens is 296 g/mol. The van der Waals surface area contributed by atoms with E-state index in [-0.39, 0.29) is 5.78 Å². The van der Waals surface area contributed by atoms with Gasteiger partial charge in [-0.05, 0) is 41.3 Å². The minimum Gasteiger partial charge on any atom is -0.496 e. The Morgan fingerprint density at radius 3 is 2.58 bits per heavy atom. The summed E-state index contributed by atoms with van der Waals surface area (Å²) in [5.41, 5.74) is 3.81. The van der Waals surface area contributed by atoms with Crippen LogP contribution in [0, 0.1) is 0 Å². The van der Waals surface area contributed by atoms with Crippen molar-refractivity contribution in [2.75, 3.05) is 7.11 Å². The largest absolute Gasteiger partial charge is 0.496 e. The molecule has 1 aliphatic carbocycles. The van der Waals surface area contributed by atoms with Crippen molar-refractivity contribution in [1.29, 1.82) is 0 Å². The molecular formula is C22H18O2. The van der Waals surface area contributed by atoms with E-state index >= 15 is 0 Å². The number of benzene rings is 3. The smallest absolute Gasteiger partial charge is 0.189 e. The number of fused-ring (bicyclic) bond motifs is 2. The molecule has 0 spiro atoms. The molecule has 0 radical (unpaired) electrons. The Bertz CT molecular complexity index is 967. The Kier molecular flexibility index (Phi) is 3.66. The van der Waals surface area contributed by atoms with Crippen molar-refractivity contribution < 1.29 is 9.53 Å². The van der Waals surface area contributed by atoms with Crippen molar-refractivity contribution in [2.24, 2.45) is 0 Å². The van der Waals surface area contributed by atoms with E-state index in [1.54, 1.807) is 7.11 Å². The average Bonchev–Trinajstić information content (AvgIpc) is 2.64. The number of aryl methyl sites for hydroxylation is 1. The Hall–Kier alpha value is -2.87. The Labute approximate surface area is 141 Å². The normalized spacial score (nSPS) is 15.5. The third kappa shape index (κ3) is 2.41. The molecule has 0 atom stereocenters. The first-order valence-electron chi connectivity index (χ1n) is 8.17. The van der Waals surface area contributed by atoms with Crippen LogP contribution in [0.3, 0.4) is 0 Å². The molecule has 2 heteroatoms. The number of methoxy groups -OCH3 is 1. The van der Waals surface area contributed by atoms with Gasteiger partial charge in [-0.25, -0.2) is 0 Å². The molecule has 0 aromatic heterocycles. The van der Waals surface area contributed by atoms with E-state index in [9.17, 15) is 4.79 Å². The highest BCUT2D eigenvalue weighted by Gasteiger charge is 2.22. The van der Waals surface area contributed by atoms with Gasteiger partial charge in [0.1, 0.15) is 5.75 Å². The molecule has 0 N–H and O–H groups in total. The zero-order valence-electron chi connectivity index (χ0n) is 13.6. The highest BCUT2D eigenvalue weighted by molar-refractivity contribution is 6.14. The van der Waals surface area contributed by atoms with Crippen molar-refractivity contribution >= 4 is 22.6 Å². The maximum absolute atomic E-state index is 12.8. The molecule has 0 heterocycles. The molecule has 0 fully saturated rings. The Balaban J connectivity index is 1.87. The number of rotatable bonds is 2. The number of ether oxygens (including phenoxy) is 1. The lowest BCUT2D eigenvalue weighted by Crippen LogP contribution is -2.13. The second-order valence-corrected chi connectivity index (χ2v) is 6.06. The molecule has 1 aliphatic rings. The number of Topliss-reactive ketones (excluding diaryl/α,β-unsaturated/α-hetero) is 1. The zero-order valence-corrected chi connectivity index (χ0v) is 13.6. The van der Waals surface area contributed by atoms with Gasteiger partial charge in [-0.2, -0.15) is 0 Å². The first-order valence-corrected chi connectivity index (χ1v) is 8.17. The van der Waals surface area contributed by atoms with Crippen LogP contribution in [0.15, 0.2) is 66.2 Å². The van der Waals surface area contributed by atoms with E-state index in [0.29, 0.717) is 0 Å². The fraction of sp³-hybridized carbons (Fsp3) is 0.136. The minimum atomic E-state index is 0.131. The average molecular weight is 314 g/mol. The Morgan fingerprint density at radius 1 is 0.917 bits per heavy atom. The summed E-state index contributed by atoms with van der Waals surface area (Å²) in [6.07, 6.45) is 3.68. The summed E-state index contributed by atoms with van der Waals surface area (Å²) < 4.78 is 5.54. The first kappa shape index (κ1) is 14.7. The number of allylic oxidation sites excluding steroid dienone is 1. The second-order valence-electron chi connectivity index (χ2n) is 6.06. The van der Waals surface area contributed by atoms with Crippen LogP contribution in [0.5, 0.6) is 5.75 Å². The standard InChI is InChI=1S/C22H18O2/c1-24-21-13-12-15-6-2-4-8-18(15)20(21)14-17-11-10-16-7-3-5-9-19(16)22(17)23/h2-9,12-14H,10-11H2,1H3/b17-14-. The topological polar surface area (TPSA) is 26.3 Å². The summed E-state index contributed by atoms with van der Waals surface area (Å²) in [4.78, 5) is 12.8. The van der Waals surface area contributed by atoms with Crippen molar-refractivity contribution in [2.45, 2.75) is 12.8 Å². The molecule has 24 heavy (non-hydrogen) atoms. The molecule has 118 valence electrons. The first-order chi connectivity index (χ1) is 11.8. The van der Waals surface area contributed by atoms with E-state index in [1.807, 2.05) is 54.6 Å². The third-order valence-electron chi connectivity index (χ3n) is 4.69. The molecule has 0 unspecified atom stereocenters. The molecule has 0 saturated carbocycles. The van der Waals surface area contributed by atoms with Gasteiger partial charge < -0.3 is 4.74 Å². The molecule has 0 aliphatic heterocycles. The number of carbonyl (C=O) groups is 1. The van der Waals surface area contributed by atoms with Gasteiger partial charge in [-0.3, -0.25) is 4.79 Å². The van der Waals surface area contributed by atoms with Crippen molar-refractivity contribution in [3.63, 3.8) is 0 Å². The summed E-state index contributed by atoms with van der Waals surface area (Å²) in [7, 11) is 1.67. The quantitative estimate of drug-likeness (QED) is 0.618. The van der Waals surface area contributed by atoms with Gasteiger partial charge in [-0.1, -0.05) is 54.6 Å². The summed E-state index contributed by atoms with van der Waals surface area (Å²) in [5, 5.41) is 2.25. The van der Waals surface area contributed by atoms with E-state index in [1.165, 1.54) is 0 Å². The lowest BCUT2D eigenvalue weighted by atomic mass is 9.85. The van der Waals surface area contributed by atoms with Crippen LogP contribution in [0.25, 0.3) is 16.8 Å². The van der Waals surface area contributed by atoms with E-state index in [4.69, 9.17) is 4.74 Å². The molecule has 0 bridgehead atoms. The van der Waals surface area contributed by atoms with Crippen LogP contribution in [-0.2, 0) is 6.42 Å². The van der Waals surface area contributed by atoms with Crippen LogP contribution < -0.4 is 4.74 Å². The fourth-order valence-corrected chi connectivity index (χ4v) is 3.43. The SMILES string of the molecule is COc1ccc2ccccc2c1/C=C1/CCc2ccccc2C1=O. The summed E-state index contributed by atoms with van der Waals surface area (Å²) >= 11 is 0. The maximum Gasteiger partial charge on any atom is 0.189 e. The second kappa shape index (κ2) is 5.97. The number of carbonyl (C=O) groups excluding carboxylic acids is 1. The highest BCUT2D eigenvalue weighted by atomic mass is 16.5. The predicted octanol–water partition coefficient (Wildman–Crippen LogP) is 5.06. The summed E-state index contributed by atoms with van der Waals surface area (Å²) in [5.74, 6) is 0.930. The number of hydrogen-bond acceptors (Lipinski definition) is 2. The maximum atomic E-state index is 12.8. The molecule has 3 aromatic rings. The Morgan fingerprint density at radius 2 is 1.71 bits per heavy atom. The highest BCUT2D eigenvalue weighted by Crippen LogP contribution is 2.33. The molecule has 0 amide bonds. The fourth-order valence-electron chi connectivity index (χ4n) is 3.43. The molecule has 3 aromatic carbocycles. The monoisotopic (exact) mass is 314 g/mol. The van der Waals surface area contributed by atoms with Gasteiger partial charge in [0, 0.05) is 16.7 Å². The van der Waals surface area contributed by atoms with Gasteiger partial charge in [0.2, 0.25) is 0 Å². The van der Waals surface area contributed by atoms with E-state index in [0.717, 1.165) is 51.6 Å². The summed E-state index contributed by atoms with van der Waals surface area (Å²) in [6, 6.07) is 20.1. The number of ketones is 1. The van der Waals surface area contributed by atoms with Gasteiger partial charge in [0.25, 0.3) is 0 Å².